The first-order valence-electron chi connectivity index (χ1n) is 13.4. The van der Waals surface area contributed by atoms with Crippen LogP contribution >= 0.6 is 0 Å². The molecule has 1 aromatic heterocycles. The molecule has 0 fully saturated rings. The molecule has 2 N–H and O–H groups in total. The highest BCUT2D eigenvalue weighted by molar-refractivity contribution is 5.92. The van der Waals surface area contributed by atoms with Gasteiger partial charge in [-0.25, -0.2) is 9.18 Å². The lowest BCUT2D eigenvalue weighted by molar-refractivity contribution is -0.137. The fourth-order valence-corrected chi connectivity index (χ4v) is 4.56. The van der Waals surface area contributed by atoms with Crippen molar-refractivity contribution in [3.8, 4) is 0 Å². The molecule has 4 aromatic rings. The standard InChI is InChI=1S/C31H32F4N4O3/c1-42-18-4-16-39(30(41)37-26-13-9-24(10-14-26)31(33,34)35)21-29(40)38(20-22-7-11-25(32)12-8-22)17-15-23-19-36-28-6-3-2-5-27(23)28/h2-3,5-14,19,36H,4,15-18,20-21H2,1H3,(H,37,41). The summed E-state index contributed by atoms with van der Waals surface area (Å²) < 4.78 is 57.4. The zero-order chi connectivity index (χ0) is 30.1. The number of nitrogens with zero attached hydrogens (tertiary/aromatic N) is 2. The molecule has 3 aromatic carbocycles. The van der Waals surface area contributed by atoms with Gasteiger partial charge in [0.05, 0.1) is 5.56 Å². The van der Waals surface area contributed by atoms with E-state index in [4.69, 9.17) is 4.74 Å². The molecular weight excluding hydrogens is 552 g/mol. The van der Waals surface area contributed by atoms with Crippen LogP contribution < -0.4 is 5.32 Å². The Hall–Kier alpha value is -4.38. The zero-order valence-corrected chi connectivity index (χ0v) is 23.1. The fraction of sp³-hybridized carbons (Fsp3) is 0.290. The highest BCUT2D eigenvalue weighted by atomic mass is 19.4. The number of carbonyl (C=O) groups is 2. The van der Waals surface area contributed by atoms with Gasteiger partial charge in [0.25, 0.3) is 0 Å². The number of aromatic nitrogens is 1. The van der Waals surface area contributed by atoms with Crippen molar-refractivity contribution in [2.75, 3.05) is 38.7 Å². The van der Waals surface area contributed by atoms with Gasteiger partial charge in [-0.2, -0.15) is 13.2 Å². The Morgan fingerprint density at radius 2 is 1.64 bits per heavy atom. The van der Waals surface area contributed by atoms with Crippen molar-refractivity contribution in [2.45, 2.75) is 25.6 Å². The Morgan fingerprint density at radius 1 is 0.929 bits per heavy atom. The summed E-state index contributed by atoms with van der Waals surface area (Å²) in [4.78, 5) is 33.0. The van der Waals surface area contributed by atoms with E-state index in [0.29, 0.717) is 26.0 Å². The third-order valence-corrected chi connectivity index (χ3v) is 6.82. The Kier molecular flexibility index (Phi) is 10.2. The molecule has 0 aliphatic carbocycles. The number of aromatic amines is 1. The van der Waals surface area contributed by atoms with Crippen LogP contribution in [0.15, 0.2) is 79.0 Å². The van der Waals surface area contributed by atoms with Gasteiger partial charge in [0.1, 0.15) is 12.4 Å². The van der Waals surface area contributed by atoms with Crippen molar-refractivity contribution in [1.82, 2.24) is 14.8 Å². The maximum absolute atomic E-state index is 13.7. The molecule has 4 rings (SSSR count). The summed E-state index contributed by atoms with van der Waals surface area (Å²) in [6.07, 6.45) is -1.61. The molecule has 0 radical (unpaired) electrons. The number of methoxy groups -OCH3 is 1. The minimum Gasteiger partial charge on any atom is -0.385 e. The van der Waals surface area contributed by atoms with E-state index in [2.05, 4.69) is 10.3 Å². The molecule has 222 valence electrons. The third kappa shape index (κ3) is 8.32. The van der Waals surface area contributed by atoms with Gasteiger partial charge in [-0.1, -0.05) is 30.3 Å². The van der Waals surface area contributed by atoms with Crippen LogP contribution in [0.5, 0.6) is 0 Å². The lowest BCUT2D eigenvalue weighted by atomic mass is 10.1. The Labute approximate surface area is 241 Å². The van der Waals surface area contributed by atoms with Crippen LogP contribution in [0.1, 0.15) is 23.1 Å². The quantitative estimate of drug-likeness (QED) is 0.148. The van der Waals surface area contributed by atoms with Gasteiger partial charge in [-0.15, -0.1) is 0 Å². The average Bonchev–Trinajstić information content (AvgIpc) is 3.38. The number of rotatable bonds is 12. The van der Waals surface area contributed by atoms with Crippen LogP contribution in [0, 0.1) is 5.82 Å². The fourth-order valence-electron chi connectivity index (χ4n) is 4.56. The van der Waals surface area contributed by atoms with Crippen molar-refractivity contribution < 1.29 is 31.9 Å². The number of carbonyl (C=O) groups excluding carboxylic acids is 2. The minimum atomic E-state index is -4.50. The summed E-state index contributed by atoms with van der Waals surface area (Å²) in [5.74, 6) is -0.723. The first kappa shape index (κ1) is 30.6. The molecule has 0 spiro atoms. The smallest absolute Gasteiger partial charge is 0.385 e. The average molecular weight is 585 g/mol. The summed E-state index contributed by atoms with van der Waals surface area (Å²) in [6.45, 7) is 0.792. The predicted molar refractivity (Wildman–Crippen MR) is 152 cm³/mol. The molecule has 42 heavy (non-hydrogen) atoms. The zero-order valence-electron chi connectivity index (χ0n) is 23.1. The van der Waals surface area contributed by atoms with Crippen LogP contribution in [0.4, 0.5) is 28.0 Å². The second-order valence-corrected chi connectivity index (χ2v) is 9.82. The van der Waals surface area contributed by atoms with E-state index in [1.807, 2.05) is 30.5 Å². The third-order valence-electron chi connectivity index (χ3n) is 6.82. The number of urea groups is 1. The van der Waals surface area contributed by atoms with E-state index < -0.39 is 17.8 Å². The maximum Gasteiger partial charge on any atom is 0.416 e. The summed E-state index contributed by atoms with van der Waals surface area (Å²) in [5, 5.41) is 3.63. The Balaban J connectivity index is 1.50. The van der Waals surface area contributed by atoms with Crippen molar-refractivity contribution in [2.24, 2.45) is 0 Å². The summed E-state index contributed by atoms with van der Waals surface area (Å²) in [7, 11) is 1.52. The van der Waals surface area contributed by atoms with Gasteiger partial charge in [0.15, 0.2) is 0 Å². The van der Waals surface area contributed by atoms with Gasteiger partial charge in [-0.3, -0.25) is 4.79 Å². The van der Waals surface area contributed by atoms with E-state index in [1.165, 1.54) is 24.1 Å². The van der Waals surface area contributed by atoms with Crippen LogP contribution in [-0.4, -0.2) is 60.1 Å². The Morgan fingerprint density at radius 3 is 2.33 bits per heavy atom. The maximum atomic E-state index is 13.7. The topological polar surface area (TPSA) is 77.7 Å². The number of ether oxygens (including phenoxy) is 1. The molecule has 0 saturated heterocycles. The second kappa shape index (κ2) is 14.0. The monoisotopic (exact) mass is 584 g/mol. The number of para-hydroxylation sites is 1. The SMILES string of the molecule is COCCCN(CC(=O)N(CCc1c[nH]c2ccccc12)Cc1ccc(F)cc1)C(=O)Nc1ccc(C(F)(F)F)cc1. The van der Waals surface area contributed by atoms with Gasteiger partial charge in [0, 0.05) is 56.1 Å². The number of fused-ring (bicyclic) bond motifs is 1. The molecule has 7 nitrogen and oxygen atoms in total. The molecule has 0 aliphatic rings. The molecule has 0 bridgehead atoms. The lowest BCUT2D eigenvalue weighted by Crippen LogP contribution is -2.45. The number of hydrogen-bond donors (Lipinski definition) is 2. The molecule has 1 heterocycles. The lowest BCUT2D eigenvalue weighted by Gasteiger charge is -2.28. The largest absolute Gasteiger partial charge is 0.416 e. The van der Waals surface area contributed by atoms with E-state index >= 15 is 0 Å². The normalized spacial score (nSPS) is 11.5. The van der Waals surface area contributed by atoms with Crippen molar-refractivity contribution in [1.29, 1.82) is 0 Å². The minimum absolute atomic E-state index is 0.166. The first-order chi connectivity index (χ1) is 20.1. The number of halogens is 4. The van der Waals surface area contributed by atoms with Crippen molar-refractivity contribution in [3.63, 3.8) is 0 Å². The van der Waals surface area contributed by atoms with Gasteiger partial charge in [-0.05, 0) is 66.4 Å². The van der Waals surface area contributed by atoms with E-state index in [9.17, 15) is 27.2 Å². The molecule has 3 amide bonds. The van der Waals surface area contributed by atoms with Gasteiger partial charge >= 0.3 is 12.2 Å². The highest BCUT2D eigenvalue weighted by Gasteiger charge is 2.30. The van der Waals surface area contributed by atoms with E-state index in [-0.39, 0.29) is 37.0 Å². The predicted octanol–water partition coefficient (Wildman–Crippen LogP) is 6.47. The van der Waals surface area contributed by atoms with Crippen molar-refractivity contribution in [3.05, 3.63) is 102 Å². The number of benzene rings is 3. The number of amides is 3. The number of alkyl halides is 3. The number of nitrogens with one attached hydrogen (secondary N) is 2. The Bertz CT molecular complexity index is 1470. The number of anilines is 1. The summed E-state index contributed by atoms with van der Waals surface area (Å²) >= 11 is 0. The van der Waals surface area contributed by atoms with Crippen LogP contribution in [0.2, 0.25) is 0 Å². The van der Waals surface area contributed by atoms with Crippen LogP contribution in [0.25, 0.3) is 10.9 Å². The van der Waals surface area contributed by atoms with E-state index in [1.54, 1.807) is 17.0 Å². The summed E-state index contributed by atoms with van der Waals surface area (Å²) in [5.41, 5.74) is 2.07. The molecule has 0 aliphatic heterocycles. The first-order valence-corrected chi connectivity index (χ1v) is 13.4. The number of hydrogen-bond acceptors (Lipinski definition) is 3. The summed E-state index contributed by atoms with van der Waals surface area (Å²) in [6, 6.07) is 17.2. The molecule has 0 saturated carbocycles. The van der Waals surface area contributed by atoms with Crippen LogP contribution in [0.3, 0.4) is 0 Å². The van der Waals surface area contributed by atoms with Gasteiger partial charge in [0.2, 0.25) is 5.91 Å². The molecule has 0 unspecified atom stereocenters. The molecule has 11 heteroatoms. The van der Waals surface area contributed by atoms with E-state index in [0.717, 1.165) is 46.3 Å². The van der Waals surface area contributed by atoms with Crippen molar-refractivity contribution >= 4 is 28.5 Å². The van der Waals surface area contributed by atoms with Gasteiger partial charge < -0.3 is 24.8 Å². The molecular formula is C31H32F4N4O3. The van der Waals surface area contributed by atoms with Crippen LogP contribution in [-0.2, 0) is 28.7 Å². The number of H-pyrrole nitrogens is 1. The second-order valence-electron chi connectivity index (χ2n) is 9.82. The highest BCUT2D eigenvalue weighted by Crippen LogP contribution is 2.30. The molecule has 0 atom stereocenters.